The van der Waals surface area contributed by atoms with Crippen molar-refractivity contribution >= 4 is 11.8 Å². The van der Waals surface area contributed by atoms with Crippen molar-refractivity contribution in [3.8, 4) is 0 Å². The van der Waals surface area contributed by atoms with Gasteiger partial charge in [0.1, 0.15) is 11.5 Å². The van der Waals surface area contributed by atoms with E-state index in [0.29, 0.717) is 0 Å². The molecular weight excluding hydrogens is 146 g/mol. The van der Waals surface area contributed by atoms with Crippen molar-refractivity contribution in [1.82, 2.24) is 9.78 Å². The van der Waals surface area contributed by atoms with Gasteiger partial charge in [-0.3, -0.25) is 4.68 Å². The zero-order valence-corrected chi connectivity index (χ0v) is 5.40. The minimum Gasteiger partial charge on any atom is -0.477 e. The van der Waals surface area contributed by atoms with Gasteiger partial charge in [0.05, 0.1) is 0 Å². The number of rotatable bonds is 1. The van der Waals surface area contributed by atoms with Crippen LogP contribution in [0, 0.1) is 0 Å². The molecule has 0 radical (unpaired) electrons. The fraction of sp³-hybridized carbons (Fsp3) is 0.333. The standard InChI is InChI=1S/C5H7N3O2.CH4/c1-8-3(5(9)10)2-4(6)7-8;/h2H,1H3,(H2,6,7)(H,9,10);1H4. The molecule has 0 bridgehead atoms. The van der Waals surface area contributed by atoms with Crippen LogP contribution in [0.4, 0.5) is 5.82 Å². The maximum absolute atomic E-state index is 10.3. The molecule has 62 valence electrons. The fourth-order valence-electron chi connectivity index (χ4n) is 0.690. The van der Waals surface area contributed by atoms with Gasteiger partial charge in [-0.2, -0.15) is 5.10 Å². The minimum atomic E-state index is -1.02. The summed E-state index contributed by atoms with van der Waals surface area (Å²) in [6, 6.07) is 1.31. The zero-order chi connectivity index (χ0) is 7.72. The summed E-state index contributed by atoms with van der Waals surface area (Å²) in [5.41, 5.74) is 5.32. The van der Waals surface area contributed by atoms with E-state index in [1.165, 1.54) is 17.8 Å². The summed E-state index contributed by atoms with van der Waals surface area (Å²) < 4.78 is 1.22. The van der Waals surface area contributed by atoms with Gasteiger partial charge in [-0.25, -0.2) is 4.79 Å². The molecule has 0 aliphatic rings. The van der Waals surface area contributed by atoms with Gasteiger partial charge >= 0.3 is 5.97 Å². The van der Waals surface area contributed by atoms with E-state index in [1.54, 1.807) is 0 Å². The largest absolute Gasteiger partial charge is 0.477 e. The van der Waals surface area contributed by atoms with E-state index >= 15 is 0 Å². The molecule has 1 heterocycles. The van der Waals surface area contributed by atoms with Crippen LogP contribution in [0.3, 0.4) is 0 Å². The van der Waals surface area contributed by atoms with E-state index in [2.05, 4.69) is 5.10 Å². The van der Waals surface area contributed by atoms with E-state index in [9.17, 15) is 4.79 Å². The van der Waals surface area contributed by atoms with Gasteiger partial charge in [-0.1, -0.05) is 7.43 Å². The highest BCUT2D eigenvalue weighted by molar-refractivity contribution is 5.86. The van der Waals surface area contributed by atoms with Crippen LogP contribution in [0.15, 0.2) is 6.07 Å². The number of aromatic nitrogens is 2. The monoisotopic (exact) mass is 157 g/mol. The number of aromatic carboxylic acids is 1. The van der Waals surface area contributed by atoms with E-state index < -0.39 is 5.97 Å². The Balaban J connectivity index is 0.000001000. The fourth-order valence-corrected chi connectivity index (χ4v) is 0.690. The van der Waals surface area contributed by atoms with Crippen molar-refractivity contribution in [2.75, 3.05) is 5.73 Å². The van der Waals surface area contributed by atoms with Crippen LogP contribution in [0.5, 0.6) is 0 Å². The van der Waals surface area contributed by atoms with Gasteiger partial charge in [-0.15, -0.1) is 0 Å². The Hall–Kier alpha value is -1.52. The summed E-state index contributed by atoms with van der Waals surface area (Å²) >= 11 is 0. The summed E-state index contributed by atoms with van der Waals surface area (Å²) in [6.07, 6.45) is 0. The lowest BCUT2D eigenvalue weighted by atomic mass is 10.4. The molecule has 5 nitrogen and oxygen atoms in total. The lowest BCUT2D eigenvalue weighted by Crippen LogP contribution is -2.04. The summed E-state index contributed by atoms with van der Waals surface area (Å²) in [4.78, 5) is 10.3. The molecule has 0 unspecified atom stereocenters. The maximum atomic E-state index is 10.3. The molecule has 5 heteroatoms. The Kier molecular flexibility index (Phi) is 2.63. The normalized spacial score (nSPS) is 8.82. The zero-order valence-electron chi connectivity index (χ0n) is 5.40. The molecule has 0 fully saturated rings. The molecule has 1 rings (SSSR count). The van der Waals surface area contributed by atoms with Crippen molar-refractivity contribution in [3.05, 3.63) is 11.8 Å². The van der Waals surface area contributed by atoms with Gasteiger partial charge in [0.25, 0.3) is 0 Å². The lowest BCUT2D eigenvalue weighted by Gasteiger charge is -1.90. The molecule has 0 saturated heterocycles. The van der Waals surface area contributed by atoms with Crippen LogP contribution < -0.4 is 5.73 Å². The first-order valence-corrected chi connectivity index (χ1v) is 2.64. The number of carbonyl (C=O) groups is 1. The van der Waals surface area contributed by atoms with E-state index in [0.717, 1.165) is 0 Å². The number of anilines is 1. The van der Waals surface area contributed by atoms with Crippen molar-refractivity contribution < 1.29 is 9.90 Å². The smallest absolute Gasteiger partial charge is 0.354 e. The average Bonchev–Trinajstić information content (AvgIpc) is 2.10. The first-order valence-electron chi connectivity index (χ1n) is 2.64. The van der Waals surface area contributed by atoms with Crippen LogP contribution in [-0.4, -0.2) is 20.9 Å². The molecule has 0 spiro atoms. The predicted octanol–water partition coefficient (Wildman–Crippen LogP) is 0.337. The van der Waals surface area contributed by atoms with E-state index in [4.69, 9.17) is 10.8 Å². The highest BCUT2D eigenvalue weighted by atomic mass is 16.4. The topological polar surface area (TPSA) is 81.1 Å². The van der Waals surface area contributed by atoms with Gasteiger partial charge in [0.2, 0.25) is 0 Å². The number of carboxylic acid groups (broad SMARTS) is 1. The third kappa shape index (κ3) is 1.70. The second-order valence-electron chi connectivity index (χ2n) is 1.88. The van der Waals surface area contributed by atoms with Gasteiger partial charge in [-0.05, 0) is 0 Å². The van der Waals surface area contributed by atoms with Crippen LogP contribution in [0.2, 0.25) is 0 Å². The quantitative estimate of drug-likeness (QED) is 0.615. The molecule has 0 amide bonds. The molecule has 11 heavy (non-hydrogen) atoms. The number of hydrogen-bond acceptors (Lipinski definition) is 3. The van der Waals surface area contributed by atoms with Crippen molar-refractivity contribution in [3.63, 3.8) is 0 Å². The minimum absolute atomic E-state index is 0. The summed E-state index contributed by atoms with van der Waals surface area (Å²) in [6.45, 7) is 0. The van der Waals surface area contributed by atoms with E-state index in [-0.39, 0.29) is 18.9 Å². The number of nitrogen functional groups attached to an aromatic ring is 1. The Bertz CT molecular complexity index is 267. The highest BCUT2D eigenvalue weighted by Gasteiger charge is 2.08. The van der Waals surface area contributed by atoms with Gasteiger partial charge < -0.3 is 10.8 Å². The van der Waals surface area contributed by atoms with Crippen molar-refractivity contribution in [1.29, 1.82) is 0 Å². The van der Waals surface area contributed by atoms with Crippen LogP contribution in [0.1, 0.15) is 17.9 Å². The number of aryl methyl sites for hydroxylation is 1. The average molecular weight is 157 g/mol. The molecule has 0 saturated carbocycles. The number of carboxylic acids is 1. The Labute approximate surface area is 64.4 Å². The van der Waals surface area contributed by atoms with Crippen molar-refractivity contribution in [2.24, 2.45) is 7.05 Å². The molecular formula is C6H11N3O2. The Morgan fingerprint density at radius 1 is 1.82 bits per heavy atom. The molecule has 0 atom stereocenters. The molecule has 0 aromatic carbocycles. The highest BCUT2D eigenvalue weighted by Crippen LogP contribution is 2.02. The van der Waals surface area contributed by atoms with Crippen LogP contribution in [0.25, 0.3) is 0 Å². The van der Waals surface area contributed by atoms with Crippen LogP contribution >= 0.6 is 0 Å². The predicted molar refractivity (Wildman–Crippen MR) is 41.3 cm³/mol. The second kappa shape index (κ2) is 3.05. The number of nitrogens with two attached hydrogens (primary N) is 1. The Morgan fingerprint density at radius 3 is 2.55 bits per heavy atom. The summed E-state index contributed by atoms with van der Waals surface area (Å²) in [5, 5.41) is 12.1. The number of nitrogens with zero attached hydrogens (tertiary/aromatic N) is 2. The Morgan fingerprint density at radius 2 is 2.36 bits per heavy atom. The van der Waals surface area contributed by atoms with E-state index in [1.807, 2.05) is 0 Å². The molecule has 1 aromatic heterocycles. The summed E-state index contributed by atoms with van der Waals surface area (Å²) in [5.74, 6) is -0.799. The molecule has 1 aromatic rings. The lowest BCUT2D eigenvalue weighted by molar-refractivity contribution is 0.0685. The maximum Gasteiger partial charge on any atom is 0.354 e. The first-order chi connectivity index (χ1) is 4.61. The summed E-state index contributed by atoms with van der Waals surface area (Å²) in [7, 11) is 1.53. The third-order valence-corrected chi connectivity index (χ3v) is 1.12. The molecule has 3 N–H and O–H groups in total. The third-order valence-electron chi connectivity index (χ3n) is 1.12. The van der Waals surface area contributed by atoms with Gasteiger partial charge in [0.15, 0.2) is 0 Å². The molecule has 0 aliphatic carbocycles. The first kappa shape index (κ1) is 9.48. The molecule has 0 aliphatic heterocycles. The van der Waals surface area contributed by atoms with Gasteiger partial charge in [0, 0.05) is 13.1 Å². The van der Waals surface area contributed by atoms with Crippen LogP contribution in [-0.2, 0) is 7.05 Å². The van der Waals surface area contributed by atoms with Crippen molar-refractivity contribution in [2.45, 2.75) is 7.43 Å². The number of hydrogen-bond donors (Lipinski definition) is 2. The SMILES string of the molecule is C.Cn1nc(N)cc1C(=O)O. The second-order valence-corrected chi connectivity index (χ2v) is 1.88.